The van der Waals surface area contributed by atoms with E-state index >= 15 is 0 Å². The molecule has 0 saturated carbocycles. The third-order valence-corrected chi connectivity index (χ3v) is 7.07. The first-order valence-corrected chi connectivity index (χ1v) is 12.2. The predicted octanol–water partition coefficient (Wildman–Crippen LogP) is 7.34. The second kappa shape index (κ2) is 10.5. The summed E-state index contributed by atoms with van der Waals surface area (Å²) in [6, 6.07) is 13.9. The van der Waals surface area contributed by atoms with Crippen LogP contribution >= 0.6 is 34.5 Å². The third-order valence-electron chi connectivity index (χ3n) is 5.27. The molecule has 5 nitrogen and oxygen atoms in total. The molecule has 0 aliphatic carbocycles. The number of fused-ring (bicyclic) bond motifs is 3. The van der Waals surface area contributed by atoms with Gasteiger partial charge in [-0.2, -0.15) is 0 Å². The Morgan fingerprint density at radius 3 is 2.62 bits per heavy atom. The highest BCUT2D eigenvalue weighted by atomic mass is 35.5. The fraction of sp³-hybridized carbons (Fsp3) is 0.292. The van der Waals surface area contributed by atoms with Crippen molar-refractivity contribution < 1.29 is 9.90 Å². The number of carbonyl (C=O) groups is 1. The van der Waals surface area contributed by atoms with Crippen molar-refractivity contribution in [1.82, 2.24) is 9.97 Å². The summed E-state index contributed by atoms with van der Waals surface area (Å²) in [4.78, 5) is 21.3. The lowest BCUT2D eigenvalue weighted by atomic mass is 10.1. The first-order valence-electron chi connectivity index (χ1n) is 10.6. The minimum Gasteiger partial charge on any atom is -0.481 e. The normalized spacial score (nSPS) is 11.3. The molecule has 0 aliphatic rings. The molecule has 2 aromatic carbocycles. The van der Waals surface area contributed by atoms with Crippen molar-refractivity contribution in [2.24, 2.45) is 0 Å². The molecule has 166 valence electrons. The summed E-state index contributed by atoms with van der Waals surface area (Å²) in [5.41, 5.74) is 1.02. The van der Waals surface area contributed by atoms with Gasteiger partial charge in [0.1, 0.15) is 16.5 Å². The lowest BCUT2D eigenvalue weighted by molar-refractivity contribution is -0.137. The van der Waals surface area contributed by atoms with Gasteiger partial charge in [-0.25, -0.2) is 9.97 Å². The van der Waals surface area contributed by atoms with Crippen LogP contribution in [0.15, 0.2) is 42.5 Å². The summed E-state index contributed by atoms with van der Waals surface area (Å²) in [6.07, 6.45) is 4.50. The second-order valence-corrected chi connectivity index (χ2v) is 9.52. The predicted molar refractivity (Wildman–Crippen MR) is 133 cm³/mol. The van der Waals surface area contributed by atoms with Crippen molar-refractivity contribution in [2.45, 2.75) is 45.1 Å². The molecule has 0 spiro atoms. The van der Waals surface area contributed by atoms with Crippen LogP contribution in [0.4, 0.5) is 5.82 Å². The zero-order valence-corrected chi connectivity index (χ0v) is 19.7. The van der Waals surface area contributed by atoms with Gasteiger partial charge in [0.15, 0.2) is 0 Å². The number of hydrogen-bond donors (Lipinski definition) is 2. The van der Waals surface area contributed by atoms with E-state index in [0.29, 0.717) is 23.0 Å². The van der Waals surface area contributed by atoms with Crippen LogP contribution in [-0.4, -0.2) is 21.0 Å². The van der Waals surface area contributed by atoms with E-state index in [0.717, 1.165) is 58.5 Å². The summed E-state index contributed by atoms with van der Waals surface area (Å²) in [6.45, 7) is 0.571. The van der Waals surface area contributed by atoms with Gasteiger partial charge < -0.3 is 10.4 Å². The molecule has 0 unspecified atom stereocenters. The average Bonchev–Trinajstić information content (AvgIpc) is 3.15. The Balaban J connectivity index is 1.55. The Kier molecular flexibility index (Phi) is 7.45. The maximum atomic E-state index is 10.6. The maximum Gasteiger partial charge on any atom is 0.303 e. The van der Waals surface area contributed by atoms with E-state index in [1.807, 2.05) is 24.3 Å². The molecular formula is C24H23Cl2N3O2S. The number of carboxylic acids is 1. The topological polar surface area (TPSA) is 75.1 Å². The molecule has 8 heteroatoms. The van der Waals surface area contributed by atoms with Crippen LogP contribution in [0.1, 0.15) is 43.5 Å². The van der Waals surface area contributed by atoms with Crippen LogP contribution in [0.3, 0.4) is 0 Å². The first kappa shape index (κ1) is 22.8. The van der Waals surface area contributed by atoms with Gasteiger partial charge in [0.05, 0.1) is 15.4 Å². The van der Waals surface area contributed by atoms with Crippen LogP contribution in [-0.2, 0) is 17.8 Å². The number of aryl methyl sites for hydroxylation is 1. The van der Waals surface area contributed by atoms with E-state index in [1.165, 1.54) is 4.70 Å². The Labute approximate surface area is 200 Å². The van der Waals surface area contributed by atoms with E-state index in [2.05, 4.69) is 17.4 Å². The van der Waals surface area contributed by atoms with Gasteiger partial charge in [0, 0.05) is 29.5 Å². The molecule has 0 fully saturated rings. The van der Waals surface area contributed by atoms with E-state index in [4.69, 9.17) is 38.3 Å². The monoisotopic (exact) mass is 487 g/mol. The number of nitrogens with one attached hydrogen (secondary N) is 1. The summed E-state index contributed by atoms with van der Waals surface area (Å²) < 4.78 is 1.18. The standard InChI is InChI=1S/C24H23Cl2N3O2S/c25-17-12-11-15(13-18(17)26)14-27-23-22-16-7-5-6-8-19(16)32-24(22)29-20(28-23)9-3-1-2-4-10-21(30)31/h5-8,11-13H,1-4,9-10,14H2,(H,30,31)(H,27,28,29). The molecule has 4 rings (SSSR count). The highest BCUT2D eigenvalue weighted by molar-refractivity contribution is 7.25. The largest absolute Gasteiger partial charge is 0.481 e. The van der Waals surface area contributed by atoms with Crippen LogP contribution in [0.2, 0.25) is 10.0 Å². The highest BCUT2D eigenvalue weighted by Gasteiger charge is 2.14. The fourth-order valence-corrected chi connectivity index (χ4v) is 5.07. The van der Waals surface area contributed by atoms with Gasteiger partial charge in [-0.15, -0.1) is 11.3 Å². The number of aromatic nitrogens is 2. The van der Waals surface area contributed by atoms with Crippen molar-refractivity contribution in [1.29, 1.82) is 0 Å². The van der Waals surface area contributed by atoms with Gasteiger partial charge in [-0.3, -0.25) is 4.79 Å². The lowest BCUT2D eigenvalue weighted by Crippen LogP contribution is -2.05. The molecule has 0 amide bonds. The van der Waals surface area contributed by atoms with Crippen molar-refractivity contribution in [3.05, 3.63) is 63.9 Å². The second-order valence-electron chi connectivity index (χ2n) is 7.68. The quantitative estimate of drug-likeness (QED) is 0.229. The third kappa shape index (κ3) is 5.49. The van der Waals surface area contributed by atoms with E-state index in [9.17, 15) is 4.79 Å². The van der Waals surface area contributed by atoms with Gasteiger partial charge >= 0.3 is 5.97 Å². The van der Waals surface area contributed by atoms with Crippen LogP contribution in [0.25, 0.3) is 20.3 Å². The highest BCUT2D eigenvalue weighted by Crippen LogP contribution is 2.36. The Morgan fingerprint density at radius 1 is 1.00 bits per heavy atom. The van der Waals surface area contributed by atoms with Crippen LogP contribution in [0.5, 0.6) is 0 Å². The van der Waals surface area contributed by atoms with E-state index in [1.54, 1.807) is 17.4 Å². The summed E-state index contributed by atoms with van der Waals surface area (Å²) in [5, 5.41) is 15.5. The molecule has 0 radical (unpaired) electrons. The molecule has 0 atom stereocenters. The number of anilines is 1. The summed E-state index contributed by atoms with van der Waals surface area (Å²) >= 11 is 13.9. The van der Waals surface area contributed by atoms with Crippen molar-refractivity contribution in [3.8, 4) is 0 Å². The van der Waals surface area contributed by atoms with Crippen LogP contribution < -0.4 is 5.32 Å². The minimum absolute atomic E-state index is 0.229. The van der Waals surface area contributed by atoms with E-state index in [-0.39, 0.29) is 6.42 Å². The van der Waals surface area contributed by atoms with Gasteiger partial charge in [0.2, 0.25) is 0 Å². The zero-order chi connectivity index (χ0) is 22.5. The number of carboxylic acid groups (broad SMARTS) is 1. The Bertz CT molecular complexity index is 1260. The molecule has 32 heavy (non-hydrogen) atoms. The minimum atomic E-state index is -0.735. The number of rotatable bonds is 10. The van der Waals surface area contributed by atoms with Gasteiger partial charge in [0.25, 0.3) is 0 Å². The summed E-state index contributed by atoms with van der Waals surface area (Å²) in [7, 11) is 0. The molecule has 0 saturated heterocycles. The number of nitrogens with zero attached hydrogens (tertiary/aromatic N) is 2. The summed E-state index contributed by atoms with van der Waals surface area (Å²) in [5.74, 6) is 0.888. The van der Waals surface area contributed by atoms with Crippen molar-refractivity contribution in [2.75, 3.05) is 5.32 Å². The molecule has 2 N–H and O–H groups in total. The molecule has 4 aromatic rings. The number of hydrogen-bond acceptors (Lipinski definition) is 5. The van der Waals surface area contributed by atoms with Crippen LogP contribution in [0, 0.1) is 0 Å². The van der Waals surface area contributed by atoms with Crippen molar-refractivity contribution in [3.63, 3.8) is 0 Å². The zero-order valence-electron chi connectivity index (χ0n) is 17.4. The Hall–Kier alpha value is -2.41. The lowest BCUT2D eigenvalue weighted by Gasteiger charge is -2.10. The molecule has 0 aliphatic heterocycles. The number of thiophene rings is 1. The van der Waals surface area contributed by atoms with Gasteiger partial charge in [-0.1, -0.05) is 60.3 Å². The maximum absolute atomic E-state index is 10.6. The number of halogens is 2. The number of aliphatic carboxylic acids is 1. The average molecular weight is 488 g/mol. The molecule has 0 bridgehead atoms. The smallest absolute Gasteiger partial charge is 0.303 e. The molecular weight excluding hydrogens is 465 g/mol. The molecule has 2 heterocycles. The van der Waals surface area contributed by atoms with E-state index < -0.39 is 5.97 Å². The fourth-order valence-electron chi connectivity index (χ4n) is 3.66. The van der Waals surface area contributed by atoms with Crippen molar-refractivity contribution >= 4 is 66.6 Å². The number of unbranched alkanes of at least 4 members (excludes halogenated alkanes) is 3. The Morgan fingerprint density at radius 2 is 1.81 bits per heavy atom. The SMILES string of the molecule is O=C(O)CCCCCCc1nc(NCc2ccc(Cl)c(Cl)c2)c2c(n1)sc1ccccc12. The molecule has 2 aromatic heterocycles. The number of benzene rings is 2. The first-order chi connectivity index (χ1) is 15.5. The van der Waals surface area contributed by atoms with Gasteiger partial charge in [-0.05, 0) is 36.6 Å².